The third kappa shape index (κ3) is 1.69. The van der Waals surface area contributed by atoms with Crippen LogP contribution in [0.5, 0.6) is 5.75 Å². The summed E-state index contributed by atoms with van der Waals surface area (Å²) in [6.45, 7) is 0. The number of hydrogen-bond donors (Lipinski definition) is 0. The summed E-state index contributed by atoms with van der Waals surface area (Å²) in [4.78, 5) is 12.0. The van der Waals surface area contributed by atoms with Crippen LogP contribution in [0, 0.1) is 0 Å². The zero-order valence-electron chi connectivity index (χ0n) is 9.18. The first-order valence-corrected chi connectivity index (χ1v) is 4.89. The molecule has 2 rings (SSSR count). The lowest BCUT2D eigenvalue weighted by molar-refractivity contribution is 0.410. The second kappa shape index (κ2) is 4.18. The van der Waals surface area contributed by atoms with Crippen LogP contribution in [0.4, 0.5) is 0 Å². The summed E-state index contributed by atoms with van der Waals surface area (Å²) in [6.07, 6.45) is 1.55. The molecule has 4 heteroatoms. The second-order valence-electron chi connectivity index (χ2n) is 3.38. The van der Waals surface area contributed by atoms with E-state index in [1.807, 2.05) is 30.3 Å². The van der Waals surface area contributed by atoms with Crippen molar-refractivity contribution < 1.29 is 4.74 Å². The molecule has 2 aromatic rings. The highest BCUT2D eigenvalue weighted by atomic mass is 16.5. The minimum Gasteiger partial charge on any atom is -0.494 e. The molecule has 0 N–H and O–H groups in total. The maximum absolute atomic E-state index is 12.0. The Morgan fingerprint density at radius 3 is 2.56 bits per heavy atom. The van der Waals surface area contributed by atoms with Gasteiger partial charge in [-0.2, -0.15) is 5.10 Å². The van der Waals surface area contributed by atoms with Gasteiger partial charge in [-0.15, -0.1) is 0 Å². The van der Waals surface area contributed by atoms with Gasteiger partial charge in [-0.25, -0.2) is 4.68 Å². The maximum Gasteiger partial charge on any atom is 0.278 e. The van der Waals surface area contributed by atoms with Gasteiger partial charge in [0.25, 0.3) is 5.56 Å². The van der Waals surface area contributed by atoms with Crippen molar-refractivity contribution in [1.82, 2.24) is 9.78 Å². The molecule has 1 aromatic heterocycles. The van der Waals surface area contributed by atoms with Crippen LogP contribution in [0.3, 0.4) is 0 Å². The second-order valence-corrected chi connectivity index (χ2v) is 3.38. The summed E-state index contributed by atoms with van der Waals surface area (Å²) < 4.78 is 6.46. The van der Waals surface area contributed by atoms with E-state index in [1.54, 1.807) is 13.2 Å². The van der Waals surface area contributed by atoms with Crippen molar-refractivity contribution in [3.63, 3.8) is 0 Å². The lowest BCUT2D eigenvalue weighted by Crippen LogP contribution is -2.21. The van der Waals surface area contributed by atoms with Crippen LogP contribution < -0.4 is 10.3 Å². The van der Waals surface area contributed by atoms with Crippen LogP contribution in [-0.2, 0) is 7.05 Å². The fourth-order valence-corrected chi connectivity index (χ4v) is 1.55. The number of methoxy groups -OCH3 is 1. The summed E-state index contributed by atoms with van der Waals surface area (Å²) in [5.74, 6) is 0.495. The number of ether oxygens (including phenoxy) is 1. The van der Waals surface area contributed by atoms with Gasteiger partial charge in [0.05, 0.1) is 18.9 Å². The van der Waals surface area contributed by atoms with Gasteiger partial charge in [-0.3, -0.25) is 4.79 Å². The molecule has 16 heavy (non-hydrogen) atoms. The van der Waals surface area contributed by atoms with E-state index in [9.17, 15) is 4.79 Å². The Morgan fingerprint density at radius 1 is 1.25 bits per heavy atom. The largest absolute Gasteiger partial charge is 0.494 e. The molecule has 82 valence electrons. The fraction of sp³-hybridized carbons (Fsp3) is 0.167. The van der Waals surface area contributed by atoms with E-state index in [4.69, 9.17) is 4.74 Å². The zero-order chi connectivity index (χ0) is 11.5. The highest BCUT2D eigenvalue weighted by Gasteiger charge is 2.11. The fourth-order valence-electron chi connectivity index (χ4n) is 1.55. The molecule has 0 radical (unpaired) electrons. The van der Waals surface area contributed by atoms with E-state index in [1.165, 1.54) is 11.8 Å². The van der Waals surface area contributed by atoms with E-state index < -0.39 is 0 Å². The average Bonchev–Trinajstić information content (AvgIpc) is 2.33. The van der Waals surface area contributed by atoms with Crippen LogP contribution in [0.25, 0.3) is 11.1 Å². The van der Waals surface area contributed by atoms with Gasteiger partial charge in [0.1, 0.15) is 0 Å². The van der Waals surface area contributed by atoms with Gasteiger partial charge < -0.3 is 4.74 Å². The minimum atomic E-state index is -0.162. The van der Waals surface area contributed by atoms with Crippen LogP contribution in [0.15, 0.2) is 41.3 Å². The molecule has 0 aliphatic heterocycles. The number of nitrogens with zero attached hydrogens (tertiary/aromatic N) is 2. The SMILES string of the molecule is COc1cnn(C)c(=O)c1-c1ccccc1. The van der Waals surface area contributed by atoms with Gasteiger partial charge >= 0.3 is 0 Å². The first-order valence-electron chi connectivity index (χ1n) is 4.89. The molecule has 0 unspecified atom stereocenters. The first kappa shape index (κ1) is 10.4. The average molecular weight is 216 g/mol. The van der Waals surface area contributed by atoms with Crippen molar-refractivity contribution in [3.8, 4) is 16.9 Å². The molecule has 1 aromatic carbocycles. The lowest BCUT2D eigenvalue weighted by Gasteiger charge is -2.08. The molecule has 1 heterocycles. The molecule has 0 fully saturated rings. The Morgan fingerprint density at radius 2 is 1.94 bits per heavy atom. The van der Waals surface area contributed by atoms with Crippen LogP contribution in [0.1, 0.15) is 0 Å². The van der Waals surface area contributed by atoms with Gasteiger partial charge in [0, 0.05) is 7.05 Å². The normalized spacial score (nSPS) is 10.1. The van der Waals surface area contributed by atoms with E-state index in [0.29, 0.717) is 11.3 Å². The van der Waals surface area contributed by atoms with E-state index in [0.717, 1.165) is 5.56 Å². The summed E-state index contributed by atoms with van der Waals surface area (Å²) in [7, 11) is 3.15. The van der Waals surface area contributed by atoms with Gasteiger partial charge in [-0.05, 0) is 5.56 Å². The van der Waals surface area contributed by atoms with Crippen LogP contribution in [0.2, 0.25) is 0 Å². The predicted molar refractivity (Wildman–Crippen MR) is 61.5 cm³/mol. The van der Waals surface area contributed by atoms with Gasteiger partial charge in [-0.1, -0.05) is 30.3 Å². The topological polar surface area (TPSA) is 44.1 Å². The van der Waals surface area contributed by atoms with Crippen molar-refractivity contribution in [3.05, 3.63) is 46.9 Å². The highest BCUT2D eigenvalue weighted by Crippen LogP contribution is 2.24. The van der Waals surface area contributed by atoms with Gasteiger partial charge in [0.15, 0.2) is 5.75 Å². The maximum atomic E-state index is 12.0. The minimum absolute atomic E-state index is 0.162. The molecule has 0 saturated heterocycles. The Labute approximate surface area is 93.1 Å². The number of benzene rings is 1. The smallest absolute Gasteiger partial charge is 0.278 e. The van der Waals surface area contributed by atoms with E-state index in [2.05, 4.69) is 5.10 Å². The van der Waals surface area contributed by atoms with Crippen molar-refractivity contribution in [1.29, 1.82) is 0 Å². The molecule has 0 aliphatic carbocycles. The summed E-state index contributed by atoms with van der Waals surface area (Å²) in [6, 6.07) is 9.42. The molecule has 4 nitrogen and oxygen atoms in total. The lowest BCUT2D eigenvalue weighted by atomic mass is 10.1. The van der Waals surface area contributed by atoms with Crippen molar-refractivity contribution >= 4 is 0 Å². The monoisotopic (exact) mass is 216 g/mol. The molecular formula is C12H12N2O2. The van der Waals surface area contributed by atoms with Crippen molar-refractivity contribution in [2.75, 3.05) is 7.11 Å². The number of aromatic nitrogens is 2. The summed E-state index contributed by atoms with van der Waals surface area (Å²) in [5.41, 5.74) is 1.22. The molecule has 0 bridgehead atoms. The summed E-state index contributed by atoms with van der Waals surface area (Å²) in [5, 5.41) is 3.91. The standard InChI is InChI=1S/C12H12N2O2/c1-14-12(15)11(10(16-2)8-13-14)9-6-4-3-5-7-9/h3-8H,1-2H3. The Kier molecular flexibility index (Phi) is 2.72. The third-order valence-electron chi connectivity index (χ3n) is 2.38. The Balaban J connectivity index is 2.73. The number of hydrogen-bond acceptors (Lipinski definition) is 3. The quantitative estimate of drug-likeness (QED) is 0.763. The van der Waals surface area contributed by atoms with E-state index in [-0.39, 0.29) is 5.56 Å². The zero-order valence-corrected chi connectivity index (χ0v) is 9.18. The molecule has 0 atom stereocenters. The molecule has 0 saturated carbocycles. The predicted octanol–water partition coefficient (Wildman–Crippen LogP) is 1.46. The van der Waals surface area contributed by atoms with Gasteiger partial charge in [0.2, 0.25) is 0 Å². The van der Waals surface area contributed by atoms with Crippen LogP contribution >= 0.6 is 0 Å². The molecular weight excluding hydrogens is 204 g/mol. The van der Waals surface area contributed by atoms with E-state index >= 15 is 0 Å². The third-order valence-corrected chi connectivity index (χ3v) is 2.38. The molecule has 0 amide bonds. The Bertz CT molecular complexity index is 547. The number of aryl methyl sites for hydroxylation is 1. The highest BCUT2D eigenvalue weighted by molar-refractivity contribution is 5.68. The number of rotatable bonds is 2. The van der Waals surface area contributed by atoms with Crippen molar-refractivity contribution in [2.45, 2.75) is 0 Å². The van der Waals surface area contributed by atoms with Crippen molar-refractivity contribution in [2.24, 2.45) is 7.05 Å². The summed E-state index contributed by atoms with van der Waals surface area (Å²) >= 11 is 0. The molecule has 0 spiro atoms. The van der Waals surface area contributed by atoms with Crippen LogP contribution in [-0.4, -0.2) is 16.9 Å². The molecule has 0 aliphatic rings. The Hall–Kier alpha value is -2.10. The first-order chi connectivity index (χ1) is 7.74.